The molecule has 0 saturated heterocycles. The summed E-state index contributed by atoms with van der Waals surface area (Å²) in [5.74, 6) is -0.903. The first-order chi connectivity index (χ1) is 13.0. The number of hydrogen-bond acceptors (Lipinski definition) is 5. The third kappa shape index (κ3) is 4.23. The second-order valence-electron chi connectivity index (χ2n) is 6.62. The number of rotatable bonds is 7. The van der Waals surface area contributed by atoms with Crippen LogP contribution in [0.4, 0.5) is 0 Å². The van der Waals surface area contributed by atoms with E-state index in [0.29, 0.717) is 30.2 Å². The van der Waals surface area contributed by atoms with E-state index < -0.39 is 23.2 Å². The predicted molar refractivity (Wildman–Crippen MR) is 98.4 cm³/mol. The van der Waals surface area contributed by atoms with Crippen LogP contribution in [-0.4, -0.2) is 24.2 Å². The highest BCUT2D eigenvalue weighted by molar-refractivity contribution is 6.30. The number of esters is 1. The first-order valence-electron chi connectivity index (χ1n) is 8.47. The molecule has 3 rings (SSSR count). The molecule has 2 atom stereocenters. The summed E-state index contributed by atoms with van der Waals surface area (Å²) >= 11 is 5.86. The van der Waals surface area contributed by atoms with Gasteiger partial charge in [-0.15, -0.1) is 0 Å². The molecule has 1 aliphatic carbocycles. The van der Waals surface area contributed by atoms with Gasteiger partial charge in [-0.2, -0.15) is 0 Å². The van der Waals surface area contributed by atoms with E-state index in [1.807, 2.05) is 48.5 Å². The van der Waals surface area contributed by atoms with Crippen molar-refractivity contribution in [2.45, 2.75) is 19.4 Å². The van der Waals surface area contributed by atoms with Crippen molar-refractivity contribution in [3.8, 4) is 5.75 Å². The standard InChI is InChI=1S/C20H20ClNO5/c1-26-19(24)20(11-17(20)18(23)22-25)10-13-4-8-16(9-5-13)27-12-14-2-6-15(21)7-3-14/h2-9,17,25H,10-12H2,1H3,(H,22,23)/t17?,20-/m0/s1. The summed E-state index contributed by atoms with van der Waals surface area (Å²) in [5, 5.41) is 9.50. The Morgan fingerprint density at radius 3 is 2.37 bits per heavy atom. The molecule has 0 aromatic heterocycles. The van der Waals surface area contributed by atoms with Gasteiger partial charge >= 0.3 is 5.97 Å². The fourth-order valence-electron chi connectivity index (χ4n) is 3.24. The number of hydrogen-bond donors (Lipinski definition) is 2. The van der Waals surface area contributed by atoms with Crippen molar-refractivity contribution in [2.75, 3.05) is 7.11 Å². The van der Waals surface area contributed by atoms with E-state index in [-0.39, 0.29) is 0 Å². The second kappa shape index (κ2) is 7.98. The van der Waals surface area contributed by atoms with Crippen LogP contribution in [0.2, 0.25) is 5.02 Å². The Bertz CT molecular complexity index is 821. The molecule has 7 heteroatoms. The monoisotopic (exact) mass is 389 g/mol. The predicted octanol–water partition coefficient (Wildman–Crippen LogP) is 3.15. The Hall–Kier alpha value is -2.57. The van der Waals surface area contributed by atoms with Crippen molar-refractivity contribution in [3.05, 3.63) is 64.7 Å². The van der Waals surface area contributed by atoms with E-state index in [0.717, 1.165) is 11.1 Å². The maximum Gasteiger partial charge on any atom is 0.312 e. The van der Waals surface area contributed by atoms with Crippen LogP contribution in [0.15, 0.2) is 48.5 Å². The minimum atomic E-state index is -0.923. The largest absolute Gasteiger partial charge is 0.489 e. The third-order valence-corrected chi connectivity index (χ3v) is 5.11. The lowest BCUT2D eigenvalue weighted by Crippen LogP contribution is -2.30. The van der Waals surface area contributed by atoms with Crippen LogP contribution in [0, 0.1) is 11.3 Å². The smallest absolute Gasteiger partial charge is 0.312 e. The minimum absolute atomic E-state index is 0.348. The zero-order valence-electron chi connectivity index (χ0n) is 14.8. The lowest BCUT2D eigenvalue weighted by Gasteiger charge is -2.15. The van der Waals surface area contributed by atoms with Crippen molar-refractivity contribution in [2.24, 2.45) is 11.3 Å². The second-order valence-corrected chi connectivity index (χ2v) is 7.05. The average molecular weight is 390 g/mol. The molecular weight excluding hydrogens is 370 g/mol. The molecule has 0 heterocycles. The topological polar surface area (TPSA) is 84.9 Å². The summed E-state index contributed by atoms with van der Waals surface area (Å²) in [6.07, 6.45) is 0.704. The highest BCUT2D eigenvalue weighted by Gasteiger charge is 2.64. The lowest BCUT2D eigenvalue weighted by atomic mass is 9.93. The van der Waals surface area contributed by atoms with E-state index in [9.17, 15) is 9.59 Å². The van der Waals surface area contributed by atoms with Crippen LogP contribution in [0.25, 0.3) is 0 Å². The number of carbonyl (C=O) groups is 2. The number of hydroxylamine groups is 1. The number of benzene rings is 2. The van der Waals surface area contributed by atoms with Gasteiger partial charge in [0.15, 0.2) is 0 Å². The van der Waals surface area contributed by atoms with E-state index in [1.54, 1.807) is 5.48 Å². The van der Waals surface area contributed by atoms with Gasteiger partial charge in [0.25, 0.3) is 0 Å². The molecular formula is C20H20ClNO5. The van der Waals surface area contributed by atoms with E-state index in [1.165, 1.54) is 7.11 Å². The van der Waals surface area contributed by atoms with Gasteiger partial charge in [-0.25, -0.2) is 5.48 Å². The maximum absolute atomic E-state index is 12.2. The van der Waals surface area contributed by atoms with Gasteiger partial charge in [-0.3, -0.25) is 14.8 Å². The SMILES string of the molecule is COC(=O)[C@@]1(Cc2ccc(OCc3ccc(Cl)cc3)cc2)CC1C(=O)NO. The Morgan fingerprint density at radius 1 is 1.15 bits per heavy atom. The number of ether oxygens (including phenoxy) is 2. The van der Waals surface area contributed by atoms with Gasteiger partial charge in [0.1, 0.15) is 12.4 Å². The number of carbonyl (C=O) groups excluding carboxylic acids is 2. The molecule has 0 spiro atoms. The molecule has 2 aromatic rings. The van der Waals surface area contributed by atoms with Crippen LogP contribution in [0.3, 0.4) is 0 Å². The van der Waals surface area contributed by atoms with E-state index >= 15 is 0 Å². The lowest BCUT2D eigenvalue weighted by molar-refractivity contribution is -0.149. The Kier molecular flexibility index (Phi) is 5.68. The van der Waals surface area contributed by atoms with E-state index in [4.69, 9.17) is 26.3 Å². The Morgan fingerprint density at radius 2 is 1.78 bits per heavy atom. The summed E-state index contributed by atoms with van der Waals surface area (Å²) < 4.78 is 10.6. The zero-order valence-corrected chi connectivity index (χ0v) is 15.5. The van der Waals surface area contributed by atoms with Crippen molar-refractivity contribution >= 4 is 23.5 Å². The van der Waals surface area contributed by atoms with Gasteiger partial charge in [0, 0.05) is 5.02 Å². The van der Waals surface area contributed by atoms with Gasteiger partial charge in [-0.1, -0.05) is 35.9 Å². The molecule has 1 fully saturated rings. The molecule has 0 aliphatic heterocycles. The molecule has 2 aromatic carbocycles. The number of amides is 1. The molecule has 27 heavy (non-hydrogen) atoms. The molecule has 1 unspecified atom stereocenters. The summed E-state index contributed by atoms with van der Waals surface area (Å²) in [6.45, 7) is 0.418. The van der Waals surface area contributed by atoms with Crippen LogP contribution in [0.1, 0.15) is 17.5 Å². The summed E-state index contributed by atoms with van der Waals surface area (Å²) in [7, 11) is 1.30. The van der Waals surface area contributed by atoms with Gasteiger partial charge in [0.2, 0.25) is 5.91 Å². The van der Waals surface area contributed by atoms with Crippen molar-refractivity contribution < 1.29 is 24.3 Å². The van der Waals surface area contributed by atoms with Crippen LogP contribution < -0.4 is 10.2 Å². The molecule has 1 aliphatic rings. The van der Waals surface area contributed by atoms with Crippen LogP contribution >= 0.6 is 11.6 Å². The molecule has 142 valence electrons. The van der Waals surface area contributed by atoms with Crippen molar-refractivity contribution in [3.63, 3.8) is 0 Å². The fraction of sp³-hybridized carbons (Fsp3) is 0.300. The third-order valence-electron chi connectivity index (χ3n) is 4.86. The van der Waals surface area contributed by atoms with Crippen LogP contribution in [0.5, 0.6) is 5.75 Å². The van der Waals surface area contributed by atoms with Gasteiger partial charge in [0.05, 0.1) is 18.4 Å². The quantitative estimate of drug-likeness (QED) is 0.431. The minimum Gasteiger partial charge on any atom is -0.489 e. The number of nitrogens with one attached hydrogen (secondary N) is 1. The van der Waals surface area contributed by atoms with Crippen molar-refractivity contribution in [1.29, 1.82) is 0 Å². The summed E-state index contributed by atoms with van der Waals surface area (Å²) in [4.78, 5) is 23.9. The highest BCUT2D eigenvalue weighted by atomic mass is 35.5. The van der Waals surface area contributed by atoms with Gasteiger partial charge in [-0.05, 0) is 48.2 Å². The van der Waals surface area contributed by atoms with Crippen molar-refractivity contribution in [1.82, 2.24) is 5.48 Å². The Labute approximate surface area is 162 Å². The number of halogens is 1. The fourth-order valence-corrected chi connectivity index (χ4v) is 3.36. The number of methoxy groups -OCH3 is 1. The first-order valence-corrected chi connectivity index (χ1v) is 8.85. The summed E-state index contributed by atoms with van der Waals surface area (Å²) in [6, 6.07) is 14.8. The average Bonchev–Trinajstić information content (AvgIpc) is 3.42. The van der Waals surface area contributed by atoms with Crippen LogP contribution in [-0.2, 0) is 27.4 Å². The molecule has 1 amide bonds. The normalized spacial score (nSPS) is 20.6. The maximum atomic E-state index is 12.2. The molecule has 0 bridgehead atoms. The Balaban J connectivity index is 1.63. The summed E-state index contributed by atoms with van der Waals surface area (Å²) in [5.41, 5.74) is 2.58. The molecule has 1 saturated carbocycles. The van der Waals surface area contributed by atoms with E-state index in [2.05, 4.69) is 0 Å². The molecule has 6 nitrogen and oxygen atoms in total. The highest BCUT2D eigenvalue weighted by Crippen LogP contribution is 2.55. The zero-order chi connectivity index (χ0) is 19.4. The first kappa shape index (κ1) is 19.2. The molecule has 2 N–H and O–H groups in total. The van der Waals surface area contributed by atoms with Gasteiger partial charge < -0.3 is 9.47 Å². The molecule has 0 radical (unpaired) electrons.